The van der Waals surface area contributed by atoms with Crippen LogP contribution < -0.4 is 5.32 Å². The fourth-order valence-corrected chi connectivity index (χ4v) is 3.51. The molecule has 3 aliphatic rings. The van der Waals surface area contributed by atoms with Gasteiger partial charge < -0.3 is 15.0 Å². The third-order valence-corrected chi connectivity index (χ3v) is 4.98. The third-order valence-electron chi connectivity index (χ3n) is 4.98. The highest BCUT2D eigenvalue weighted by Crippen LogP contribution is 2.34. The van der Waals surface area contributed by atoms with Crippen LogP contribution in [-0.4, -0.2) is 48.7 Å². The van der Waals surface area contributed by atoms with Crippen molar-refractivity contribution in [2.24, 2.45) is 5.92 Å². The minimum Gasteiger partial charge on any atom is -0.381 e. The number of ether oxygens (including phenoxy) is 1. The first kappa shape index (κ1) is 13.4. The van der Waals surface area contributed by atoms with E-state index < -0.39 is 0 Å². The molecule has 0 aromatic carbocycles. The van der Waals surface area contributed by atoms with E-state index in [9.17, 15) is 4.79 Å². The molecule has 1 amide bonds. The van der Waals surface area contributed by atoms with Crippen LogP contribution in [0.4, 0.5) is 0 Å². The van der Waals surface area contributed by atoms with Gasteiger partial charge in [-0.2, -0.15) is 0 Å². The van der Waals surface area contributed by atoms with Gasteiger partial charge in [-0.25, -0.2) is 0 Å². The van der Waals surface area contributed by atoms with Crippen LogP contribution in [0.15, 0.2) is 0 Å². The van der Waals surface area contributed by atoms with E-state index in [0.29, 0.717) is 17.9 Å². The number of rotatable bonds is 5. The quantitative estimate of drug-likeness (QED) is 0.821. The Morgan fingerprint density at radius 2 is 2.26 bits per heavy atom. The SMILES string of the molecule is CCC1(C(=O)N(CC2CCOC2)C2CC2)CCCN1. The Balaban J connectivity index is 1.69. The van der Waals surface area contributed by atoms with Gasteiger partial charge in [-0.1, -0.05) is 6.92 Å². The van der Waals surface area contributed by atoms with Crippen molar-refractivity contribution < 1.29 is 9.53 Å². The molecule has 2 saturated heterocycles. The van der Waals surface area contributed by atoms with Crippen molar-refractivity contribution in [3.63, 3.8) is 0 Å². The van der Waals surface area contributed by atoms with Crippen LogP contribution in [0.1, 0.15) is 45.4 Å². The van der Waals surface area contributed by atoms with Gasteiger partial charge in [0, 0.05) is 25.1 Å². The fraction of sp³-hybridized carbons (Fsp3) is 0.933. The van der Waals surface area contributed by atoms with E-state index in [1.807, 2.05) is 0 Å². The minimum absolute atomic E-state index is 0.262. The molecular weight excluding hydrogens is 240 g/mol. The average Bonchev–Trinajstić information content (AvgIpc) is 2.96. The fourth-order valence-electron chi connectivity index (χ4n) is 3.51. The molecular formula is C15H26N2O2. The van der Waals surface area contributed by atoms with Crippen LogP contribution in [0.2, 0.25) is 0 Å². The average molecular weight is 266 g/mol. The van der Waals surface area contributed by atoms with E-state index >= 15 is 0 Å². The summed E-state index contributed by atoms with van der Waals surface area (Å²) in [5.41, 5.74) is -0.262. The highest BCUT2D eigenvalue weighted by Gasteiger charge is 2.46. The van der Waals surface area contributed by atoms with Gasteiger partial charge in [-0.3, -0.25) is 4.79 Å². The summed E-state index contributed by atoms with van der Waals surface area (Å²) in [5, 5.41) is 3.49. The summed E-state index contributed by atoms with van der Waals surface area (Å²) < 4.78 is 5.46. The lowest BCUT2D eigenvalue weighted by molar-refractivity contribution is -0.139. The molecule has 3 fully saturated rings. The summed E-state index contributed by atoms with van der Waals surface area (Å²) in [4.78, 5) is 15.2. The summed E-state index contributed by atoms with van der Waals surface area (Å²) in [7, 11) is 0. The number of hydrogen-bond acceptors (Lipinski definition) is 3. The van der Waals surface area contributed by atoms with Gasteiger partial charge in [-0.05, 0) is 45.1 Å². The van der Waals surface area contributed by atoms with Gasteiger partial charge in [-0.15, -0.1) is 0 Å². The van der Waals surface area contributed by atoms with E-state index in [0.717, 1.165) is 52.0 Å². The molecule has 0 aromatic heterocycles. The topological polar surface area (TPSA) is 41.6 Å². The van der Waals surface area contributed by atoms with Crippen molar-refractivity contribution in [3.05, 3.63) is 0 Å². The number of amides is 1. The van der Waals surface area contributed by atoms with Crippen LogP contribution in [0, 0.1) is 5.92 Å². The molecule has 2 heterocycles. The first-order chi connectivity index (χ1) is 9.25. The second-order valence-corrected chi connectivity index (χ2v) is 6.38. The highest BCUT2D eigenvalue weighted by molar-refractivity contribution is 5.87. The van der Waals surface area contributed by atoms with Gasteiger partial charge in [0.05, 0.1) is 12.1 Å². The van der Waals surface area contributed by atoms with Crippen molar-refractivity contribution in [2.75, 3.05) is 26.3 Å². The Kier molecular flexibility index (Phi) is 3.81. The van der Waals surface area contributed by atoms with Gasteiger partial charge >= 0.3 is 0 Å². The molecule has 2 unspecified atom stereocenters. The molecule has 1 N–H and O–H groups in total. The largest absolute Gasteiger partial charge is 0.381 e. The molecule has 0 radical (unpaired) electrons. The van der Waals surface area contributed by atoms with Gasteiger partial charge in [0.15, 0.2) is 0 Å². The maximum atomic E-state index is 13.0. The Morgan fingerprint density at radius 3 is 2.79 bits per heavy atom. The van der Waals surface area contributed by atoms with Crippen LogP contribution >= 0.6 is 0 Å². The lowest BCUT2D eigenvalue weighted by atomic mass is 9.91. The van der Waals surface area contributed by atoms with E-state index in [1.54, 1.807) is 0 Å². The van der Waals surface area contributed by atoms with E-state index in [2.05, 4.69) is 17.1 Å². The second kappa shape index (κ2) is 5.41. The Bertz CT molecular complexity index is 329. The molecule has 1 aliphatic carbocycles. The monoisotopic (exact) mass is 266 g/mol. The summed E-state index contributed by atoms with van der Waals surface area (Å²) >= 11 is 0. The number of nitrogens with one attached hydrogen (secondary N) is 1. The predicted octanol–water partition coefficient (Wildman–Crippen LogP) is 1.55. The second-order valence-electron chi connectivity index (χ2n) is 6.38. The minimum atomic E-state index is -0.262. The lowest BCUT2D eigenvalue weighted by Crippen LogP contribution is -2.56. The zero-order valence-electron chi connectivity index (χ0n) is 12.0. The Hall–Kier alpha value is -0.610. The van der Waals surface area contributed by atoms with Gasteiger partial charge in [0.1, 0.15) is 0 Å². The van der Waals surface area contributed by atoms with Crippen LogP contribution in [-0.2, 0) is 9.53 Å². The van der Waals surface area contributed by atoms with Crippen LogP contribution in [0.3, 0.4) is 0 Å². The van der Waals surface area contributed by atoms with E-state index in [4.69, 9.17) is 4.74 Å². The van der Waals surface area contributed by atoms with Crippen molar-refractivity contribution in [2.45, 2.75) is 57.0 Å². The normalized spacial score (nSPS) is 34.7. The third kappa shape index (κ3) is 2.65. The molecule has 2 atom stereocenters. The molecule has 0 bridgehead atoms. The molecule has 0 spiro atoms. The van der Waals surface area contributed by atoms with Crippen LogP contribution in [0.5, 0.6) is 0 Å². The molecule has 3 rings (SSSR count). The lowest BCUT2D eigenvalue weighted by Gasteiger charge is -2.35. The molecule has 19 heavy (non-hydrogen) atoms. The molecule has 0 aromatic rings. The molecule has 4 nitrogen and oxygen atoms in total. The smallest absolute Gasteiger partial charge is 0.243 e. The number of carbonyl (C=O) groups excluding carboxylic acids is 1. The van der Waals surface area contributed by atoms with Gasteiger partial charge in [0.25, 0.3) is 0 Å². The molecule has 108 valence electrons. The molecule has 4 heteroatoms. The number of hydrogen-bond donors (Lipinski definition) is 1. The maximum Gasteiger partial charge on any atom is 0.243 e. The Labute approximate surface area is 115 Å². The zero-order chi connectivity index (χ0) is 13.3. The highest BCUT2D eigenvalue weighted by atomic mass is 16.5. The van der Waals surface area contributed by atoms with Crippen molar-refractivity contribution in [1.82, 2.24) is 10.2 Å². The first-order valence-corrected chi connectivity index (χ1v) is 7.89. The predicted molar refractivity (Wildman–Crippen MR) is 73.9 cm³/mol. The molecule has 2 aliphatic heterocycles. The van der Waals surface area contributed by atoms with Gasteiger partial charge in [0.2, 0.25) is 5.91 Å². The van der Waals surface area contributed by atoms with Crippen molar-refractivity contribution >= 4 is 5.91 Å². The maximum absolute atomic E-state index is 13.0. The Morgan fingerprint density at radius 1 is 1.42 bits per heavy atom. The summed E-state index contributed by atoms with van der Waals surface area (Å²) in [6, 6.07) is 0.513. The summed E-state index contributed by atoms with van der Waals surface area (Å²) in [6.07, 6.45) is 6.55. The van der Waals surface area contributed by atoms with Crippen LogP contribution in [0.25, 0.3) is 0 Å². The number of carbonyl (C=O) groups is 1. The van der Waals surface area contributed by atoms with Crippen molar-refractivity contribution in [1.29, 1.82) is 0 Å². The van der Waals surface area contributed by atoms with E-state index in [1.165, 1.54) is 12.8 Å². The first-order valence-electron chi connectivity index (χ1n) is 7.89. The molecule has 1 saturated carbocycles. The zero-order valence-corrected chi connectivity index (χ0v) is 12.0. The summed E-state index contributed by atoms with van der Waals surface area (Å²) in [6.45, 7) is 5.75. The summed E-state index contributed by atoms with van der Waals surface area (Å²) in [5.74, 6) is 0.918. The standard InChI is InChI=1S/C15H26N2O2/c1-2-15(7-3-8-16-15)14(18)17(13-4-5-13)10-12-6-9-19-11-12/h12-13,16H,2-11H2,1H3. The number of nitrogens with zero attached hydrogens (tertiary/aromatic N) is 1. The van der Waals surface area contributed by atoms with E-state index in [-0.39, 0.29) is 5.54 Å². The van der Waals surface area contributed by atoms with Crippen molar-refractivity contribution in [3.8, 4) is 0 Å².